The van der Waals surface area contributed by atoms with E-state index in [-0.39, 0.29) is 0 Å². The minimum atomic E-state index is -3.27. The molecule has 0 N–H and O–H groups in total. The minimum Gasteiger partial charge on any atom is -0.309 e. The average Bonchev–Trinajstić information content (AvgIpc) is 3.55. The zero-order chi connectivity index (χ0) is 33.3. The van der Waals surface area contributed by atoms with Crippen molar-refractivity contribution in [1.29, 1.82) is 0 Å². The number of para-hydroxylation sites is 2. The first-order valence-corrected chi connectivity index (χ1v) is 18.9. The molecule has 0 fully saturated rings. The van der Waals surface area contributed by atoms with Crippen molar-refractivity contribution in [2.24, 2.45) is 0 Å². The monoisotopic (exact) mass is 656 g/mol. The second-order valence-electron chi connectivity index (χ2n) is 12.4. The van der Waals surface area contributed by atoms with Gasteiger partial charge in [-0.2, -0.15) is 0 Å². The van der Waals surface area contributed by atoms with Crippen molar-refractivity contribution in [3.05, 3.63) is 194 Å². The molecule has 0 atom stereocenters. The number of hydrogen-bond donors (Lipinski definition) is 0. The van der Waals surface area contributed by atoms with E-state index in [2.05, 4.69) is 162 Å². The maximum Gasteiger partial charge on any atom is 0.226 e. The second-order valence-corrected chi connectivity index (χ2v) is 16.0. The highest BCUT2D eigenvalue weighted by atomic mass is 28.3. The van der Waals surface area contributed by atoms with E-state index in [0.29, 0.717) is 11.6 Å². The van der Waals surface area contributed by atoms with Crippen molar-refractivity contribution >= 4 is 50.9 Å². The molecule has 0 bridgehead atoms. The quantitative estimate of drug-likeness (QED) is 0.131. The van der Waals surface area contributed by atoms with Crippen LogP contribution in [0.5, 0.6) is 0 Å². The Kier molecular flexibility index (Phi) is 7.45. The van der Waals surface area contributed by atoms with Crippen LogP contribution in [0.25, 0.3) is 50.3 Å². The smallest absolute Gasteiger partial charge is 0.226 e. The summed E-state index contributed by atoms with van der Waals surface area (Å²) in [5.41, 5.74) is 6.15. The van der Waals surface area contributed by atoms with Crippen LogP contribution in [0.3, 0.4) is 0 Å². The summed E-state index contributed by atoms with van der Waals surface area (Å²) in [4.78, 5) is 16.2. The lowest BCUT2D eigenvalue weighted by Gasteiger charge is -2.33. The van der Waals surface area contributed by atoms with E-state index < -0.39 is 8.07 Å². The Morgan fingerprint density at radius 3 is 1.40 bits per heavy atom. The van der Waals surface area contributed by atoms with E-state index in [4.69, 9.17) is 15.0 Å². The van der Waals surface area contributed by atoms with Crippen molar-refractivity contribution in [2.75, 3.05) is 0 Å². The third kappa shape index (κ3) is 4.87. The summed E-state index contributed by atoms with van der Waals surface area (Å²) < 4.78 is 2.39. The molecular weight excluding hydrogens is 625 g/mol. The second kappa shape index (κ2) is 12.5. The molecule has 0 spiro atoms. The highest BCUT2D eigenvalue weighted by Crippen LogP contribution is 2.32. The van der Waals surface area contributed by atoms with Gasteiger partial charge in [0, 0.05) is 27.6 Å². The lowest BCUT2D eigenvalue weighted by Crippen LogP contribution is -2.76. The Morgan fingerprint density at radius 1 is 0.380 bits per heavy atom. The molecule has 9 aromatic rings. The Bertz CT molecular complexity index is 2470. The zero-order valence-electron chi connectivity index (χ0n) is 27.3. The molecule has 0 aliphatic rings. The number of benzene rings is 7. The van der Waals surface area contributed by atoms with Gasteiger partial charge in [-0.05, 0) is 39.8 Å². The summed E-state index contributed by atoms with van der Waals surface area (Å²) in [6, 6.07) is 68.5. The highest BCUT2D eigenvalue weighted by molar-refractivity contribution is 7.20. The van der Waals surface area contributed by atoms with Crippen LogP contribution in [0.2, 0.25) is 0 Å². The van der Waals surface area contributed by atoms with Gasteiger partial charge in [-0.3, -0.25) is 0 Å². The van der Waals surface area contributed by atoms with Crippen LogP contribution in [-0.4, -0.2) is 27.6 Å². The average molecular weight is 657 g/mol. The van der Waals surface area contributed by atoms with Crippen molar-refractivity contribution in [3.63, 3.8) is 0 Å². The molecule has 9 rings (SSSR count). The Hall–Kier alpha value is -6.43. The van der Waals surface area contributed by atoms with E-state index in [1.165, 1.54) is 26.3 Å². The maximum atomic E-state index is 5.52. The fraction of sp³-hybridized carbons (Fsp3) is 0. The Balaban J connectivity index is 1.48. The van der Waals surface area contributed by atoms with Crippen molar-refractivity contribution in [3.8, 4) is 28.5 Å². The van der Waals surface area contributed by atoms with E-state index in [1.807, 2.05) is 36.4 Å². The molecule has 4 nitrogen and oxygen atoms in total. The first kappa shape index (κ1) is 29.7. The molecule has 0 amide bonds. The third-order valence-electron chi connectivity index (χ3n) is 9.56. The first-order valence-electron chi connectivity index (χ1n) is 16.9. The molecule has 0 aliphatic heterocycles. The van der Waals surface area contributed by atoms with E-state index in [1.54, 1.807) is 0 Å². The molecule has 0 saturated carbocycles. The topological polar surface area (TPSA) is 43.6 Å². The van der Waals surface area contributed by atoms with Gasteiger partial charge in [-0.25, -0.2) is 15.0 Å². The largest absolute Gasteiger partial charge is 0.309 e. The summed E-state index contributed by atoms with van der Waals surface area (Å²) in [6.07, 6.45) is 0. The highest BCUT2D eigenvalue weighted by Gasteiger charge is 2.47. The van der Waals surface area contributed by atoms with Crippen LogP contribution in [0.1, 0.15) is 0 Å². The summed E-state index contributed by atoms with van der Waals surface area (Å²) in [7, 11) is -3.27. The molecule has 7 aromatic carbocycles. The van der Waals surface area contributed by atoms with Gasteiger partial charge < -0.3 is 4.57 Å². The van der Waals surface area contributed by atoms with Gasteiger partial charge in [0.2, 0.25) is 8.07 Å². The molecule has 0 unspecified atom stereocenters. The first-order chi connectivity index (χ1) is 24.8. The number of rotatable bonds is 7. The minimum absolute atomic E-state index is 0.664. The fourth-order valence-electron chi connectivity index (χ4n) is 7.40. The van der Waals surface area contributed by atoms with Gasteiger partial charge in [0.05, 0.1) is 11.0 Å². The zero-order valence-corrected chi connectivity index (χ0v) is 28.3. The van der Waals surface area contributed by atoms with Crippen LogP contribution < -0.4 is 21.0 Å². The van der Waals surface area contributed by atoms with Crippen LogP contribution in [0.4, 0.5) is 0 Å². The summed E-state index contributed by atoms with van der Waals surface area (Å²) in [5, 5.41) is 6.07. The van der Waals surface area contributed by atoms with E-state index in [9.17, 15) is 0 Å². The van der Waals surface area contributed by atoms with Crippen LogP contribution in [-0.2, 0) is 0 Å². The van der Waals surface area contributed by atoms with Crippen LogP contribution in [0, 0.1) is 0 Å². The van der Waals surface area contributed by atoms with Crippen LogP contribution in [0.15, 0.2) is 194 Å². The normalized spacial score (nSPS) is 11.6. The van der Waals surface area contributed by atoms with Crippen molar-refractivity contribution in [1.82, 2.24) is 19.5 Å². The van der Waals surface area contributed by atoms with Gasteiger partial charge >= 0.3 is 0 Å². The maximum absolute atomic E-state index is 5.52. The van der Waals surface area contributed by atoms with Gasteiger partial charge in [0.25, 0.3) is 0 Å². The van der Waals surface area contributed by atoms with Gasteiger partial charge in [-0.1, -0.05) is 170 Å². The predicted octanol–water partition coefficient (Wildman–Crippen LogP) is 7.68. The summed E-state index contributed by atoms with van der Waals surface area (Å²) >= 11 is 0. The summed E-state index contributed by atoms with van der Waals surface area (Å²) in [5.74, 6) is 1.33. The number of hydrogen-bond acceptors (Lipinski definition) is 3. The molecular formula is C45H32N4Si. The number of nitrogens with zero attached hydrogens (tertiary/aromatic N) is 4. The van der Waals surface area contributed by atoms with Gasteiger partial charge in [-0.15, -0.1) is 0 Å². The SMILES string of the molecule is c1ccc(-c2nc(-c3ccccc3)nc([Si](c3ccccc3)(c3ccccc3)c3cccc4c3c3ccccc3n4-c3ccccc3)n2)cc1. The predicted molar refractivity (Wildman–Crippen MR) is 209 cm³/mol. The van der Waals surface area contributed by atoms with Crippen LogP contribution >= 0.6 is 0 Å². The molecule has 0 radical (unpaired) electrons. The van der Waals surface area contributed by atoms with Crippen molar-refractivity contribution in [2.45, 2.75) is 0 Å². The lowest BCUT2D eigenvalue weighted by molar-refractivity contribution is 1.10. The molecule has 0 saturated heterocycles. The summed E-state index contributed by atoms with van der Waals surface area (Å²) in [6.45, 7) is 0. The van der Waals surface area contributed by atoms with Crippen molar-refractivity contribution < 1.29 is 0 Å². The standard InChI is InChI=1S/C45H32N4Si/c1-6-19-33(20-7-1)43-46-44(34-21-8-2-9-22-34)48-45(47-43)50(36-25-12-4-13-26-36,37-27-14-5-15-28-37)41-32-18-31-40-42(41)38-29-16-17-30-39(38)49(40)35-23-10-3-11-24-35/h1-32H. The fourth-order valence-corrected chi connectivity index (χ4v) is 12.0. The molecule has 236 valence electrons. The molecule has 50 heavy (non-hydrogen) atoms. The molecule has 5 heteroatoms. The number of aromatic nitrogens is 4. The lowest BCUT2D eigenvalue weighted by atomic mass is 10.1. The molecule has 2 aromatic heterocycles. The Morgan fingerprint density at radius 2 is 0.840 bits per heavy atom. The number of fused-ring (bicyclic) bond motifs is 3. The van der Waals surface area contributed by atoms with Gasteiger partial charge in [0.15, 0.2) is 11.6 Å². The molecule has 2 heterocycles. The molecule has 0 aliphatic carbocycles. The Labute approximate surface area is 292 Å². The third-order valence-corrected chi connectivity index (χ3v) is 14.1. The van der Waals surface area contributed by atoms with E-state index >= 15 is 0 Å². The van der Waals surface area contributed by atoms with E-state index in [0.717, 1.165) is 33.3 Å². The van der Waals surface area contributed by atoms with Gasteiger partial charge in [0.1, 0.15) is 5.45 Å².